The number of Topliss-reactive ketones (excluding diaryl/α,β-unsaturated/α-hetero) is 1. The van der Waals surface area contributed by atoms with E-state index in [1.807, 2.05) is 97.1 Å². The molecule has 0 atom stereocenters. The van der Waals surface area contributed by atoms with Gasteiger partial charge < -0.3 is 5.32 Å². The van der Waals surface area contributed by atoms with E-state index in [2.05, 4.69) is 5.32 Å². The van der Waals surface area contributed by atoms with Gasteiger partial charge in [0.1, 0.15) is 0 Å². The largest absolute Gasteiger partial charge is 0.322 e. The summed E-state index contributed by atoms with van der Waals surface area (Å²) in [6.07, 6.45) is 5.42. The first-order valence-corrected chi connectivity index (χ1v) is 11.9. The zero-order chi connectivity index (χ0) is 24.9. The SMILES string of the molecule is O=C(Nc1ccc(Cl)cc1)C1=Cc2ccccc2/C(=C/C=C(c2ccccc2)c2ccccc2)C1=O. The number of fused-ring (bicyclic) bond motifs is 1. The molecular weight excluding hydrogens is 466 g/mol. The van der Waals surface area contributed by atoms with E-state index in [0.717, 1.165) is 27.8 Å². The average molecular weight is 488 g/mol. The molecule has 0 radical (unpaired) electrons. The number of carbonyl (C=O) groups excluding carboxylic acids is 2. The molecule has 0 saturated carbocycles. The first-order valence-electron chi connectivity index (χ1n) is 11.6. The number of rotatable bonds is 5. The molecule has 174 valence electrons. The predicted molar refractivity (Wildman–Crippen MR) is 147 cm³/mol. The van der Waals surface area contributed by atoms with Crippen LogP contribution in [0.5, 0.6) is 0 Å². The number of amides is 1. The van der Waals surface area contributed by atoms with Crippen molar-refractivity contribution in [2.75, 3.05) is 5.32 Å². The predicted octanol–water partition coefficient (Wildman–Crippen LogP) is 7.46. The fraction of sp³-hybridized carbons (Fsp3) is 0. The Morgan fingerprint density at radius 1 is 0.722 bits per heavy atom. The van der Waals surface area contributed by atoms with Crippen LogP contribution in [0.1, 0.15) is 22.3 Å². The van der Waals surface area contributed by atoms with Gasteiger partial charge in [0, 0.05) is 16.3 Å². The maximum absolute atomic E-state index is 13.6. The van der Waals surface area contributed by atoms with Gasteiger partial charge in [-0.25, -0.2) is 0 Å². The van der Waals surface area contributed by atoms with Crippen LogP contribution < -0.4 is 5.32 Å². The van der Waals surface area contributed by atoms with Crippen LogP contribution in [0.4, 0.5) is 5.69 Å². The van der Waals surface area contributed by atoms with Gasteiger partial charge in [-0.05, 0) is 64.2 Å². The van der Waals surface area contributed by atoms with Gasteiger partial charge in [0.05, 0.1) is 5.57 Å². The van der Waals surface area contributed by atoms with Crippen molar-refractivity contribution >= 4 is 46.2 Å². The Morgan fingerprint density at radius 2 is 1.31 bits per heavy atom. The molecule has 36 heavy (non-hydrogen) atoms. The van der Waals surface area contributed by atoms with E-state index in [9.17, 15) is 9.59 Å². The van der Waals surface area contributed by atoms with Gasteiger partial charge in [-0.1, -0.05) is 103 Å². The fourth-order valence-corrected chi connectivity index (χ4v) is 4.31. The minimum absolute atomic E-state index is 0.0873. The minimum atomic E-state index is -0.460. The smallest absolute Gasteiger partial charge is 0.259 e. The third-order valence-corrected chi connectivity index (χ3v) is 6.22. The lowest BCUT2D eigenvalue weighted by Gasteiger charge is -2.18. The second-order valence-corrected chi connectivity index (χ2v) is 8.76. The summed E-state index contributed by atoms with van der Waals surface area (Å²) in [6.45, 7) is 0. The van der Waals surface area contributed by atoms with E-state index in [1.54, 1.807) is 30.3 Å². The number of allylic oxidation sites excluding steroid dienone is 3. The van der Waals surface area contributed by atoms with Crippen LogP contribution in [0.15, 0.2) is 127 Å². The van der Waals surface area contributed by atoms with E-state index >= 15 is 0 Å². The van der Waals surface area contributed by atoms with Crippen LogP contribution in [0.25, 0.3) is 17.2 Å². The van der Waals surface area contributed by atoms with Gasteiger partial charge in [0.15, 0.2) is 5.78 Å². The molecular formula is C32H22ClNO2. The summed E-state index contributed by atoms with van der Waals surface area (Å²) in [5.74, 6) is -0.782. The topological polar surface area (TPSA) is 46.2 Å². The van der Waals surface area contributed by atoms with Crippen molar-refractivity contribution in [1.82, 2.24) is 0 Å². The molecule has 0 heterocycles. The number of hydrogen-bond donors (Lipinski definition) is 1. The molecule has 1 amide bonds. The van der Waals surface area contributed by atoms with Gasteiger partial charge in [0.25, 0.3) is 5.91 Å². The van der Waals surface area contributed by atoms with Crippen LogP contribution in [0, 0.1) is 0 Å². The molecule has 3 nitrogen and oxygen atoms in total. The lowest BCUT2D eigenvalue weighted by Crippen LogP contribution is -2.23. The Morgan fingerprint density at radius 3 is 1.94 bits per heavy atom. The number of carbonyl (C=O) groups is 2. The first-order chi connectivity index (χ1) is 17.6. The zero-order valence-corrected chi connectivity index (χ0v) is 20.1. The highest BCUT2D eigenvalue weighted by Crippen LogP contribution is 2.32. The molecule has 5 rings (SSSR count). The van der Waals surface area contributed by atoms with Gasteiger partial charge in [0.2, 0.25) is 0 Å². The molecule has 0 saturated heterocycles. The summed E-state index contributed by atoms with van der Waals surface area (Å²) < 4.78 is 0. The van der Waals surface area contributed by atoms with Gasteiger partial charge in [-0.3, -0.25) is 9.59 Å². The second-order valence-electron chi connectivity index (χ2n) is 8.33. The Hall–Kier alpha value is -4.47. The highest BCUT2D eigenvalue weighted by molar-refractivity contribution is 6.43. The number of hydrogen-bond acceptors (Lipinski definition) is 2. The Labute approximate surface area is 215 Å². The Balaban J connectivity index is 1.57. The Bertz CT molecular complexity index is 1470. The van der Waals surface area contributed by atoms with Crippen molar-refractivity contribution in [3.05, 3.63) is 154 Å². The van der Waals surface area contributed by atoms with Crippen molar-refractivity contribution in [1.29, 1.82) is 0 Å². The van der Waals surface area contributed by atoms with Crippen molar-refractivity contribution in [3.8, 4) is 0 Å². The van der Waals surface area contributed by atoms with E-state index in [4.69, 9.17) is 11.6 Å². The normalized spacial score (nSPS) is 13.5. The number of nitrogens with one attached hydrogen (secondary N) is 1. The maximum atomic E-state index is 13.6. The molecule has 0 bridgehead atoms. The molecule has 1 N–H and O–H groups in total. The van der Waals surface area contributed by atoms with Crippen LogP contribution >= 0.6 is 11.6 Å². The highest BCUT2D eigenvalue weighted by Gasteiger charge is 2.28. The van der Waals surface area contributed by atoms with Crippen molar-refractivity contribution in [2.24, 2.45) is 0 Å². The molecule has 4 aromatic rings. The van der Waals surface area contributed by atoms with Gasteiger partial charge in [-0.2, -0.15) is 0 Å². The van der Waals surface area contributed by atoms with Crippen LogP contribution in [0.3, 0.4) is 0 Å². The highest BCUT2D eigenvalue weighted by atomic mass is 35.5. The average Bonchev–Trinajstić information content (AvgIpc) is 2.92. The van der Waals surface area contributed by atoms with Crippen LogP contribution in [0.2, 0.25) is 5.02 Å². The molecule has 0 spiro atoms. The summed E-state index contributed by atoms with van der Waals surface area (Å²) >= 11 is 5.95. The summed E-state index contributed by atoms with van der Waals surface area (Å²) in [5, 5.41) is 3.38. The molecule has 4 heteroatoms. The van der Waals surface area contributed by atoms with Crippen LogP contribution in [-0.4, -0.2) is 11.7 Å². The van der Waals surface area contributed by atoms with E-state index < -0.39 is 5.91 Å². The third-order valence-electron chi connectivity index (χ3n) is 5.97. The third kappa shape index (κ3) is 4.97. The van der Waals surface area contributed by atoms with E-state index in [0.29, 0.717) is 16.3 Å². The molecule has 4 aromatic carbocycles. The van der Waals surface area contributed by atoms with E-state index in [1.165, 1.54) is 0 Å². The molecule has 0 aliphatic heterocycles. The van der Waals surface area contributed by atoms with Crippen molar-refractivity contribution in [3.63, 3.8) is 0 Å². The van der Waals surface area contributed by atoms with Gasteiger partial charge >= 0.3 is 0 Å². The summed E-state index contributed by atoms with van der Waals surface area (Å²) in [7, 11) is 0. The van der Waals surface area contributed by atoms with Crippen molar-refractivity contribution in [2.45, 2.75) is 0 Å². The van der Waals surface area contributed by atoms with Crippen molar-refractivity contribution < 1.29 is 9.59 Å². The maximum Gasteiger partial charge on any atom is 0.259 e. The molecule has 0 aromatic heterocycles. The van der Waals surface area contributed by atoms with E-state index in [-0.39, 0.29) is 11.4 Å². The van der Waals surface area contributed by atoms with Crippen LogP contribution in [-0.2, 0) is 9.59 Å². The zero-order valence-electron chi connectivity index (χ0n) is 19.3. The first kappa shape index (κ1) is 23.3. The minimum Gasteiger partial charge on any atom is -0.322 e. The summed E-state index contributed by atoms with van der Waals surface area (Å²) in [4.78, 5) is 26.7. The number of benzene rings is 4. The number of halogens is 1. The molecule has 0 unspecified atom stereocenters. The van der Waals surface area contributed by atoms with Gasteiger partial charge in [-0.15, -0.1) is 0 Å². The lowest BCUT2D eigenvalue weighted by molar-refractivity contribution is -0.117. The fourth-order valence-electron chi connectivity index (χ4n) is 4.18. The summed E-state index contributed by atoms with van der Waals surface area (Å²) in [6, 6.07) is 34.4. The molecule has 1 aliphatic rings. The molecule has 0 fully saturated rings. The standard InChI is InChI=1S/C32H22ClNO2/c33-25-15-17-26(18-16-25)34-32(36)30-21-24-13-7-8-14-28(24)29(31(30)35)20-19-27(22-9-3-1-4-10-22)23-11-5-2-6-12-23/h1-21H,(H,34,36)/b29-20-. The number of ketones is 1. The number of anilines is 1. The molecule has 1 aliphatic carbocycles. The summed E-state index contributed by atoms with van der Waals surface area (Å²) in [5.41, 5.74) is 5.79. The Kier molecular flexibility index (Phi) is 6.74. The second kappa shape index (κ2) is 10.4. The lowest BCUT2D eigenvalue weighted by atomic mass is 9.85. The monoisotopic (exact) mass is 487 g/mol. The quantitative estimate of drug-likeness (QED) is 0.234.